The van der Waals surface area contributed by atoms with Crippen LogP contribution in [0.5, 0.6) is 0 Å². The van der Waals surface area contributed by atoms with E-state index in [2.05, 4.69) is 66.2 Å². The number of benzene rings is 2. The molecule has 1 saturated heterocycles. The SMILES string of the molecule is CN1C(=O)C(Cc2cc3c(s2)-n2c4ccccc4c4cccc(c42)[Si]3(C)C)C(=O)N(C)C1=[Te]. The zero-order valence-electron chi connectivity index (χ0n) is 18.9. The summed E-state index contributed by atoms with van der Waals surface area (Å²) in [5.41, 5.74) is 2.54. The Kier molecular flexibility index (Phi) is 4.60. The van der Waals surface area contributed by atoms with Crippen LogP contribution in [0.15, 0.2) is 48.5 Å². The van der Waals surface area contributed by atoms with Crippen LogP contribution in [0, 0.1) is 5.92 Å². The number of carbonyl (C=O) groups is 2. The average molecular weight is 585 g/mol. The van der Waals surface area contributed by atoms with Gasteiger partial charge in [0.2, 0.25) is 0 Å². The first-order valence-corrected chi connectivity index (χ1v) is 15.9. The Hall–Kier alpha value is -2.24. The summed E-state index contributed by atoms with van der Waals surface area (Å²) in [6, 6.07) is 17.6. The van der Waals surface area contributed by atoms with Crippen molar-refractivity contribution in [2.75, 3.05) is 14.1 Å². The van der Waals surface area contributed by atoms with Crippen molar-refractivity contribution in [3.05, 3.63) is 53.4 Å². The molecule has 0 radical (unpaired) electrons. The van der Waals surface area contributed by atoms with Crippen LogP contribution in [0.25, 0.3) is 26.8 Å². The summed E-state index contributed by atoms with van der Waals surface area (Å²) < 4.78 is 3.11. The number of carbonyl (C=O) groups excluding carboxylic acids is 2. The van der Waals surface area contributed by atoms with Gasteiger partial charge in [0, 0.05) is 0 Å². The third kappa shape index (κ3) is 2.78. The van der Waals surface area contributed by atoms with Crippen LogP contribution in [0.3, 0.4) is 0 Å². The molecule has 4 heterocycles. The molecule has 2 aromatic carbocycles. The molecule has 4 aromatic rings. The van der Waals surface area contributed by atoms with Crippen LogP contribution in [0.4, 0.5) is 0 Å². The summed E-state index contributed by atoms with van der Waals surface area (Å²) in [5, 5.41) is 6.67. The van der Waals surface area contributed by atoms with Crippen molar-refractivity contribution < 1.29 is 9.59 Å². The quantitative estimate of drug-likeness (QED) is 0.268. The fraction of sp³-hybridized carbons (Fsp3) is 0.240. The van der Waals surface area contributed by atoms with Gasteiger partial charge in [0.1, 0.15) is 0 Å². The summed E-state index contributed by atoms with van der Waals surface area (Å²) in [5.74, 6) is -0.893. The van der Waals surface area contributed by atoms with E-state index in [0.717, 1.165) is 4.88 Å². The maximum atomic E-state index is 13.0. The van der Waals surface area contributed by atoms with Crippen molar-refractivity contribution in [3.8, 4) is 5.00 Å². The van der Waals surface area contributed by atoms with Crippen molar-refractivity contribution in [3.63, 3.8) is 0 Å². The molecular weight excluding hydrogens is 562 g/mol. The summed E-state index contributed by atoms with van der Waals surface area (Å²) in [6.07, 6.45) is 0.446. The molecular formula is C25H23N3O2SSiTe. The van der Waals surface area contributed by atoms with Gasteiger partial charge in [-0.2, -0.15) is 0 Å². The molecule has 8 heteroatoms. The number of nitrogens with zero attached hydrogens (tertiary/aromatic N) is 3. The van der Waals surface area contributed by atoms with E-state index in [4.69, 9.17) is 0 Å². The predicted molar refractivity (Wildman–Crippen MR) is 139 cm³/mol. The monoisotopic (exact) mass is 587 g/mol. The molecule has 6 rings (SSSR count). The van der Waals surface area contributed by atoms with E-state index in [1.807, 2.05) is 0 Å². The van der Waals surface area contributed by atoms with Gasteiger partial charge < -0.3 is 0 Å². The number of thiophene rings is 1. The molecule has 2 aliphatic rings. The van der Waals surface area contributed by atoms with Gasteiger partial charge in [-0.1, -0.05) is 6.07 Å². The van der Waals surface area contributed by atoms with Crippen LogP contribution < -0.4 is 10.4 Å². The van der Waals surface area contributed by atoms with Crippen LogP contribution >= 0.6 is 11.3 Å². The third-order valence-electron chi connectivity index (χ3n) is 7.24. The Morgan fingerprint density at radius 1 is 0.939 bits per heavy atom. The topological polar surface area (TPSA) is 45.6 Å². The number of amides is 2. The number of hydrogen-bond acceptors (Lipinski definition) is 3. The summed E-state index contributed by atoms with van der Waals surface area (Å²) >= 11 is 3.47. The third-order valence-corrected chi connectivity index (χ3v) is 13.6. The van der Waals surface area contributed by atoms with Crippen LogP contribution in [0.2, 0.25) is 13.1 Å². The molecule has 2 aliphatic heterocycles. The number of hydrogen-bond donors (Lipinski definition) is 0. The number of para-hydroxylation sites is 2. The molecule has 1 fully saturated rings. The second kappa shape index (κ2) is 7.13. The molecule has 5 nitrogen and oxygen atoms in total. The zero-order chi connectivity index (χ0) is 23.2. The second-order valence-corrected chi connectivity index (χ2v) is 15.9. The molecule has 0 N–H and O–H groups in total. The Morgan fingerprint density at radius 3 is 2.33 bits per heavy atom. The van der Waals surface area contributed by atoms with Crippen LogP contribution in [0.1, 0.15) is 4.88 Å². The van der Waals surface area contributed by atoms with Crippen LogP contribution in [-0.2, 0) is 16.0 Å². The average Bonchev–Trinajstić information content (AvgIpc) is 3.38. The number of fused-ring (bicyclic) bond motifs is 5. The van der Waals surface area contributed by atoms with Crippen molar-refractivity contribution >= 4 is 89.0 Å². The first-order valence-electron chi connectivity index (χ1n) is 11.0. The Bertz CT molecular complexity index is 1510. The van der Waals surface area contributed by atoms with E-state index in [-0.39, 0.29) is 11.8 Å². The Labute approximate surface area is 210 Å². The Balaban J connectivity index is 1.54. The second-order valence-electron chi connectivity index (χ2n) is 9.44. The molecule has 0 unspecified atom stereocenters. The van der Waals surface area contributed by atoms with Gasteiger partial charge in [0.05, 0.1) is 0 Å². The van der Waals surface area contributed by atoms with Crippen molar-refractivity contribution in [2.24, 2.45) is 5.92 Å². The maximum absolute atomic E-state index is 13.0. The first kappa shape index (κ1) is 21.3. The summed E-state index contributed by atoms with van der Waals surface area (Å²) in [6.45, 7) is 4.82. The van der Waals surface area contributed by atoms with E-state index in [1.165, 1.54) is 37.2 Å². The van der Waals surface area contributed by atoms with Gasteiger partial charge in [0.15, 0.2) is 0 Å². The fourth-order valence-corrected chi connectivity index (χ4v) is 10.9. The molecule has 0 spiro atoms. The summed E-state index contributed by atoms with van der Waals surface area (Å²) in [4.78, 5) is 30.3. The van der Waals surface area contributed by atoms with Gasteiger partial charge in [-0.15, -0.1) is 0 Å². The Morgan fingerprint density at radius 2 is 1.61 bits per heavy atom. The molecule has 0 aliphatic carbocycles. The molecule has 0 bridgehead atoms. The predicted octanol–water partition coefficient (Wildman–Crippen LogP) is 2.33. The van der Waals surface area contributed by atoms with Crippen molar-refractivity contribution in [1.29, 1.82) is 0 Å². The minimum atomic E-state index is -1.95. The van der Waals surface area contributed by atoms with Gasteiger partial charge in [-0.05, 0) is 0 Å². The first-order chi connectivity index (χ1) is 15.7. The minimum absolute atomic E-state index is 0.113. The fourth-order valence-electron chi connectivity index (χ4n) is 5.39. The molecule has 2 aromatic heterocycles. The van der Waals surface area contributed by atoms with E-state index in [1.54, 1.807) is 57.1 Å². The van der Waals surface area contributed by atoms with E-state index in [9.17, 15) is 9.59 Å². The van der Waals surface area contributed by atoms with E-state index in [0.29, 0.717) is 10.2 Å². The van der Waals surface area contributed by atoms with Crippen molar-refractivity contribution in [1.82, 2.24) is 14.4 Å². The molecule has 2 amide bonds. The van der Waals surface area contributed by atoms with Gasteiger partial charge >= 0.3 is 205 Å². The number of rotatable bonds is 2. The normalized spacial score (nSPS) is 18.0. The molecule has 166 valence electrons. The van der Waals surface area contributed by atoms with E-state index >= 15 is 0 Å². The molecule has 0 saturated carbocycles. The van der Waals surface area contributed by atoms with Gasteiger partial charge in [0.25, 0.3) is 0 Å². The number of aromatic nitrogens is 1. The van der Waals surface area contributed by atoms with Gasteiger partial charge in [-0.25, -0.2) is 0 Å². The summed E-state index contributed by atoms with van der Waals surface area (Å²) in [7, 11) is 1.56. The zero-order valence-corrected chi connectivity index (χ0v) is 23.0. The van der Waals surface area contributed by atoms with Crippen LogP contribution in [-0.4, -0.2) is 74.0 Å². The van der Waals surface area contributed by atoms with Crippen molar-refractivity contribution in [2.45, 2.75) is 19.5 Å². The van der Waals surface area contributed by atoms with E-state index < -0.39 is 14.0 Å². The van der Waals surface area contributed by atoms with Gasteiger partial charge in [-0.3, -0.25) is 0 Å². The molecule has 0 atom stereocenters. The molecule has 33 heavy (non-hydrogen) atoms. The standard InChI is InChI=1S/C25H23N3O2SSiTe/c1-26-22(29)17(23(30)27(2)25(26)33)12-14-13-20-24(31-14)28-18-10-6-5-8-15(18)16-9-7-11-19(21(16)28)32(20,3)4/h5-11,13,17H,12H2,1-4H3.